The van der Waals surface area contributed by atoms with Crippen molar-refractivity contribution in [1.82, 2.24) is 0 Å². The lowest BCUT2D eigenvalue weighted by Crippen LogP contribution is -2.18. The maximum absolute atomic E-state index is 12.6. The van der Waals surface area contributed by atoms with Gasteiger partial charge in [0.15, 0.2) is 0 Å². The number of carbonyl (C=O) groups excluding carboxylic acids is 3. The molecule has 1 aromatic carbocycles. The molecule has 0 unspecified atom stereocenters. The minimum atomic E-state index is -0.909. The number of carbonyl (C=O) groups is 3. The largest absolute Gasteiger partial charge is 0.462 e. The molecule has 0 radical (unpaired) electrons. The number of halogens is 1. The van der Waals surface area contributed by atoms with Gasteiger partial charge in [-0.3, -0.25) is 20.2 Å². The van der Waals surface area contributed by atoms with Crippen LogP contribution < -0.4 is 5.32 Å². The van der Waals surface area contributed by atoms with E-state index in [1.54, 1.807) is 13.8 Å². The van der Waals surface area contributed by atoms with Gasteiger partial charge >= 0.3 is 11.9 Å². The van der Waals surface area contributed by atoms with Crippen LogP contribution in [0.4, 0.5) is 11.6 Å². The fraction of sp³-hybridized carbons (Fsp3) is 0.278. The van der Waals surface area contributed by atoms with Gasteiger partial charge in [0, 0.05) is 12.1 Å². The molecule has 1 heterocycles. The van der Waals surface area contributed by atoms with Crippen molar-refractivity contribution in [1.29, 1.82) is 0 Å². The Kier molecular flexibility index (Phi) is 6.94. The van der Waals surface area contributed by atoms with E-state index in [0.29, 0.717) is 0 Å². The van der Waals surface area contributed by atoms with Gasteiger partial charge < -0.3 is 13.9 Å². The second-order valence-corrected chi connectivity index (χ2v) is 5.96. The number of hydrogen-bond donors (Lipinski definition) is 1. The fourth-order valence-electron chi connectivity index (χ4n) is 2.45. The topological polar surface area (TPSA) is 138 Å². The predicted molar refractivity (Wildman–Crippen MR) is 101 cm³/mol. The number of nitro benzene ring substituents is 1. The number of non-ortho nitro benzene ring substituents is 1. The molecule has 0 aliphatic heterocycles. The molecule has 1 aromatic heterocycles. The molecule has 0 spiro atoms. The lowest BCUT2D eigenvalue weighted by Gasteiger charge is -2.08. The van der Waals surface area contributed by atoms with E-state index in [1.807, 2.05) is 0 Å². The van der Waals surface area contributed by atoms with Crippen LogP contribution in [0.25, 0.3) is 0 Å². The number of rotatable bonds is 7. The smallest absolute Gasteiger partial charge is 0.344 e. The molecule has 29 heavy (non-hydrogen) atoms. The van der Waals surface area contributed by atoms with E-state index in [9.17, 15) is 24.5 Å². The molecule has 0 saturated heterocycles. The Bertz CT molecular complexity index is 982. The van der Waals surface area contributed by atoms with E-state index in [-0.39, 0.29) is 52.3 Å². The Hall–Kier alpha value is -3.40. The van der Waals surface area contributed by atoms with E-state index >= 15 is 0 Å². The maximum Gasteiger partial charge on any atom is 0.344 e. The second-order valence-electron chi connectivity index (χ2n) is 5.55. The molecule has 1 N–H and O–H groups in total. The second kappa shape index (κ2) is 9.20. The molecule has 154 valence electrons. The average molecular weight is 425 g/mol. The summed E-state index contributed by atoms with van der Waals surface area (Å²) in [5, 5.41) is 13.2. The van der Waals surface area contributed by atoms with Crippen LogP contribution in [-0.4, -0.2) is 36.0 Å². The standard InChI is InChI=1S/C18H17ClN2O8/c1-4-27-17(23)13-9(3)29-16(14(13)18(24)28-5-2)20-15(22)11-8-10(21(25)26)6-7-12(11)19/h6-8H,4-5H2,1-3H3,(H,20,22). The number of nitrogens with one attached hydrogen (secondary N) is 1. The van der Waals surface area contributed by atoms with Gasteiger partial charge in [0.05, 0.1) is 28.7 Å². The third-order valence-corrected chi connectivity index (χ3v) is 4.01. The number of nitro groups is 1. The number of furan rings is 1. The van der Waals surface area contributed by atoms with Crippen LogP contribution in [0.1, 0.15) is 50.7 Å². The summed E-state index contributed by atoms with van der Waals surface area (Å²) < 4.78 is 15.2. The molecular formula is C18H17ClN2O8. The first-order valence-corrected chi connectivity index (χ1v) is 8.81. The number of anilines is 1. The Morgan fingerprint density at radius 2 is 1.72 bits per heavy atom. The van der Waals surface area contributed by atoms with Gasteiger partial charge in [-0.25, -0.2) is 9.59 Å². The number of aryl methyl sites for hydroxylation is 1. The number of nitrogens with zero attached hydrogens (tertiary/aromatic N) is 1. The number of benzene rings is 1. The summed E-state index contributed by atoms with van der Waals surface area (Å²) in [6.45, 7) is 4.62. The van der Waals surface area contributed by atoms with Gasteiger partial charge in [-0.15, -0.1) is 0 Å². The number of hydrogen-bond acceptors (Lipinski definition) is 8. The molecule has 2 rings (SSSR count). The zero-order chi connectivity index (χ0) is 21.7. The quantitative estimate of drug-likeness (QED) is 0.402. The van der Waals surface area contributed by atoms with Crippen molar-refractivity contribution in [3.63, 3.8) is 0 Å². The molecule has 0 aliphatic carbocycles. The lowest BCUT2D eigenvalue weighted by atomic mass is 10.1. The van der Waals surface area contributed by atoms with Crippen molar-refractivity contribution in [2.45, 2.75) is 20.8 Å². The molecule has 2 aromatic rings. The zero-order valence-corrected chi connectivity index (χ0v) is 16.5. The van der Waals surface area contributed by atoms with Crippen LogP contribution in [-0.2, 0) is 9.47 Å². The summed E-state index contributed by atoms with van der Waals surface area (Å²) in [5.41, 5.74) is -1.08. The maximum atomic E-state index is 12.6. The predicted octanol–water partition coefficient (Wildman–Crippen LogP) is 3.76. The third-order valence-electron chi connectivity index (χ3n) is 3.68. The van der Waals surface area contributed by atoms with E-state index in [0.717, 1.165) is 12.1 Å². The monoisotopic (exact) mass is 424 g/mol. The number of amides is 1. The summed E-state index contributed by atoms with van der Waals surface area (Å²) in [7, 11) is 0. The van der Waals surface area contributed by atoms with Crippen molar-refractivity contribution < 1.29 is 33.2 Å². The summed E-state index contributed by atoms with van der Waals surface area (Å²) in [6.07, 6.45) is 0. The normalized spacial score (nSPS) is 10.3. The lowest BCUT2D eigenvalue weighted by molar-refractivity contribution is -0.384. The van der Waals surface area contributed by atoms with Crippen molar-refractivity contribution in [2.24, 2.45) is 0 Å². The highest BCUT2D eigenvalue weighted by atomic mass is 35.5. The minimum Gasteiger partial charge on any atom is -0.462 e. The summed E-state index contributed by atoms with van der Waals surface area (Å²) >= 11 is 5.96. The Balaban J connectivity index is 2.50. The Morgan fingerprint density at radius 1 is 1.14 bits per heavy atom. The van der Waals surface area contributed by atoms with Gasteiger partial charge in [-0.1, -0.05) is 11.6 Å². The van der Waals surface area contributed by atoms with Gasteiger partial charge in [-0.05, 0) is 26.8 Å². The number of esters is 2. The molecule has 11 heteroatoms. The van der Waals surface area contributed by atoms with E-state index < -0.39 is 22.8 Å². The summed E-state index contributed by atoms with van der Waals surface area (Å²) in [4.78, 5) is 47.5. The molecule has 10 nitrogen and oxygen atoms in total. The van der Waals surface area contributed by atoms with Gasteiger partial charge in [0.25, 0.3) is 11.6 Å². The van der Waals surface area contributed by atoms with Crippen LogP contribution in [0.3, 0.4) is 0 Å². The number of ether oxygens (including phenoxy) is 2. The van der Waals surface area contributed by atoms with Crippen LogP contribution in [0.15, 0.2) is 22.6 Å². The molecule has 1 amide bonds. The molecule has 0 bridgehead atoms. The first-order chi connectivity index (χ1) is 13.7. The summed E-state index contributed by atoms with van der Waals surface area (Å²) in [5.74, 6) is -2.96. The van der Waals surface area contributed by atoms with E-state index in [4.69, 9.17) is 25.5 Å². The van der Waals surface area contributed by atoms with Gasteiger partial charge in [0.2, 0.25) is 5.88 Å². The Labute approximate surface area is 169 Å². The van der Waals surface area contributed by atoms with Gasteiger partial charge in [-0.2, -0.15) is 0 Å². The highest BCUT2D eigenvalue weighted by molar-refractivity contribution is 6.34. The SMILES string of the molecule is CCOC(=O)c1c(C)oc(NC(=O)c2cc([N+](=O)[O-])ccc2Cl)c1C(=O)OCC. The molecule has 0 fully saturated rings. The fourth-order valence-corrected chi connectivity index (χ4v) is 2.65. The zero-order valence-electron chi connectivity index (χ0n) is 15.7. The van der Waals surface area contributed by atoms with Crippen molar-refractivity contribution in [2.75, 3.05) is 18.5 Å². The van der Waals surface area contributed by atoms with Crippen LogP contribution in [0, 0.1) is 17.0 Å². The highest BCUT2D eigenvalue weighted by Gasteiger charge is 2.32. The molecule has 0 atom stereocenters. The van der Waals surface area contributed by atoms with E-state index in [1.165, 1.54) is 13.0 Å². The van der Waals surface area contributed by atoms with Crippen LogP contribution >= 0.6 is 11.6 Å². The van der Waals surface area contributed by atoms with E-state index in [2.05, 4.69) is 5.32 Å². The van der Waals surface area contributed by atoms with Crippen molar-refractivity contribution in [3.8, 4) is 0 Å². The average Bonchev–Trinajstić information content (AvgIpc) is 2.98. The molecular weight excluding hydrogens is 408 g/mol. The van der Waals surface area contributed by atoms with Gasteiger partial charge in [0.1, 0.15) is 16.9 Å². The Morgan fingerprint density at radius 3 is 2.28 bits per heavy atom. The first-order valence-electron chi connectivity index (χ1n) is 8.44. The van der Waals surface area contributed by atoms with Crippen molar-refractivity contribution in [3.05, 3.63) is 55.8 Å². The van der Waals surface area contributed by atoms with Crippen LogP contribution in [0.2, 0.25) is 5.02 Å². The molecule has 0 saturated carbocycles. The third kappa shape index (κ3) is 4.72. The molecule has 0 aliphatic rings. The highest BCUT2D eigenvalue weighted by Crippen LogP contribution is 2.30. The summed E-state index contributed by atoms with van der Waals surface area (Å²) in [6, 6.07) is 3.31. The van der Waals surface area contributed by atoms with Crippen LogP contribution in [0.5, 0.6) is 0 Å². The van der Waals surface area contributed by atoms with Crippen molar-refractivity contribution >= 4 is 41.0 Å². The first kappa shape index (κ1) is 21.9. The minimum absolute atomic E-state index is 0.00935.